The van der Waals surface area contributed by atoms with Crippen molar-refractivity contribution in [3.8, 4) is 11.1 Å². The van der Waals surface area contributed by atoms with Crippen molar-refractivity contribution < 1.29 is 0 Å². The molecule has 0 unspecified atom stereocenters. The Hall–Kier alpha value is -1.75. The van der Waals surface area contributed by atoms with Gasteiger partial charge in [0.25, 0.3) is 5.56 Å². The Kier molecular flexibility index (Phi) is 3.49. The highest BCUT2D eigenvalue weighted by atomic mass is 32.1. The Morgan fingerprint density at radius 3 is 2.53 bits per heavy atom. The number of thiol groups is 1. The number of aryl methyl sites for hydroxylation is 1. The van der Waals surface area contributed by atoms with Crippen molar-refractivity contribution >= 4 is 12.6 Å². The number of nitrogens with zero attached hydrogens (tertiary/aromatic N) is 1. The van der Waals surface area contributed by atoms with E-state index in [0.29, 0.717) is 17.9 Å². The van der Waals surface area contributed by atoms with Crippen LogP contribution in [0.4, 0.5) is 0 Å². The summed E-state index contributed by atoms with van der Waals surface area (Å²) in [5.41, 5.74) is 0.522. The first-order chi connectivity index (χ1) is 8.22. The maximum atomic E-state index is 11.7. The van der Waals surface area contributed by atoms with Crippen LogP contribution in [0.1, 0.15) is 0 Å². The average molecular weight is 248 g/mol. The van der Waals surface area contributed by atoms with Crippen LogP contribution in [0.25, 0.3) is 11.1 Å². The highest BCUT2D eigenvalue weighted by Gasteiger charge is 2.05. The lowest BCUT2D eigenvalue weighted by molar-refractivity contribution is 0.703. The van der Waals surface area contributed by atoms with Gasteiger partial charge < -0.3 is 0 Å². The smallest absolute Gasteiger partial charge is 0.299 e. The highest BCUT2D eigenvalue weighted by Crippen LogP contribution is 2.12. The molecule has 4 nitrogen and oxygen atoms in total. The average Bonchev–Trinajstić information content (AvgIpc) is 2.34. The number of aromatic nitrogens is 2. The third-order valence-electron chi connectivity index (χ3n) is 2.44. The van der Waals surface area contributed by atoms with E-state index in [4.69, 9.17) is 0 Å². The molecule has 1 aromatic carbocycles. The van der Waals surface area contributed by atoms with Gasteiger partial charge in [-0.15, -0.1) is 0 Å². The second-order valence-electron chi connectivity index (χ2n) is 3.59. The van der Waals surface area contributed by atoms with E-state index in [-0.39, 0.29) is 5.56 Å². The molecule has 2 aromatic rings. The van der Waals surface area contributed by atoms with Crippen LogP contribution in [0.5, 0.6) is 0 Å². The van der Waals surface area contributed by atoms with Gasteiger partial charge in [-0.25, -0.2) is 4.79 Å². The Bertz CT molecular complexity index is 616. The van der Waals surface area contributed by atoms with E-state index >= 15 is 0 Å². The summed E-state index contributed by atoms with van der Waals surface area (Å²) in [6.07, 6.45) is 1.58. The predicted molar refractivity (Wildman–Crippen MR) is 70.6 cm³/mol. The zero-order valence-electron chi connectivity index (χ0n) is 9.09. The van der Waals surface area contributed by atoms with Crippen LogP contribution < -0.4 is 11.2 Å². The molecule has 0 aliphatic carbocycles. The summed E-state index contributed by atoms with van der Waals surface area (Å²) in [6, 6.07) is 9.24. The second kappa shape index (κ2) is 5.05. The molecule has 0 spiro atoms. The van der Waals surface area contributed by atoms with Gasteiger partial charge in [-0.3, -0.25) is 14.3 Å². The van der Waals surface area contributed by atoms with Crippen molar-refractivity contribution in [2.24, 2.45) is 0 Å². The van der Waals surface area contributed by atoms with Crippen LogP contribution in [0, 0.1) is 0 Å². The standard InChI is InChI=1S/C12H12N2O2S/c15-11-10(9-4-2-1-3-5-9)8-14(6-7-17)12(16)13-11/h1-5,8,17H,6-7H2,(H,13,15,16). The second-order valence-corrected chi connectivity index (χ2v) is 4.03. The Morgan fingerprint density at radius 2 is 1.88 bits per heavy atom. The number of hydrogen-bond donors (Lipinski definition) is 2. The SMILES string of the molecule is O=c1[nH]c(=O)n(CCS)cc1-c1ccccc1. The van der Waals surface area contributed by atoms with Crippen molar-refractivity contribution in [1.29, 1.82) is 0 Å². The molecular weight excluding hydrogens is 236 g/mol. The van der Waals surface area contributed by atoms with Crippen molar-refractivity contribution in [3.05, 3.63) is 57.4 Å². The molecule has 0 radical (unpaired) electrons. The topological polar surface area (TPSA) is 54.9 Å². The van der Waals surface area contributed by atoms with Crippen LogP contribution in [-0.4, -0.2) is 15.3 Å². The summed E-state index contributed by atoms with van der Waals surface area (Å²) < 4.78 is 1.46. The molecule has 0 aliphatic rings. The molecule has 0 amide bonds. The first-order valence-electron chi connectivity index (χ1n) is 5.22. The van der Waals surface area contributed by atoms with Gasteiger partial charge in [-0.2, -0.15) is 12.6 Å². The zero-order chi connectivity index (χ0) is 12.3. The van der Waals surface area contributed by atoms with Gasteiger partial charge in [0, 0.05) is 18.5 Å². The van der Waals surface area contributed by atoms with Crippen molar-refractivity contribution in [1.82, 2.24) is 9.55 Å². The van der Waals surface area contributed by atoms with Crippen molar-refractivity contribution in [2.75, 3.05) is 5.75 Å². The number of hydrogen-bond acceptors (Lipinski definition) is 3. The van der Waals surface area contributed by atoms with Crippen LogP contribution >= 0.6 is 12.6 Å². The largest absolute Gasteiger partial charge is 0.328 e. The normalized spacial score (nSPS) is 10.4. The van der Waals surface area contributed by atoms with E-state index in [0.717, 1.165) is 5.56 Å². The fourth-order valence-electron chi connectivity index (χ4n) is 1.61. The molecule has 0 saturated carbocycles. The number of H-pyrrole nitrogens is 1. The molecule has 0 saturated heterocycles. The number of aromatic amines is 1. The molecule has 2 rings (SSSR count). The molecule has 1 aromatic heterocycles. The summed E-state index contributed by atoms with van der Waals surface area (Å²) in [7, 11) is 0. The lowest BCUT2D eigenvalue weighted by Gasteiger charge is -2.05. The molecule has 17 heavy (non-hydrogen) atoms. The Labute approximate surface area is 103 Å². The summed E-state index contributed by atoms with van der Waals surface area (Å²) in [4.78, 5) is 25.5. The molecular formula is C12H12N2O2S. The van der Waals surface area contributed by atoms with Gasteiger partial charge in [0.2, 0.25) is 0 Å². The van der Waals surface area contributed by atoms with Gasteiger partial charge in [0.05, 0.1) is 5.56 Å². The molecule has 1 heterocycles. The van der Waals surface area contributed by atoms with E-state index in [1.54, 1.807) is 6.20 Å². The fourth-order valence-corrected chi connectivity index (χ4v) is 1.82. The third-order valence-corrected chi connectivity index (χ3v) is 2.64. The van der Waals surface area contributed by atoms with E-state index in [1.807, 2.05) is 30.3 Å². The first kappa shape index (κ1) is 11.7. The number of benzene rings is 1. The number of nitrogens with one attached hydrogen (secondary N) is 1. The minimum Gasteiger partial charge on any atom is -0.299 e. The van der Waals surface area contributed by atoms with Gasteiger partial charge >= 0.3 is 5.69 Å². The zero-order valence-corrected chi connectivity index (χ0v) is 9.98. The monoisotopic (exact) mass is 248 g/mol. The van der Waals surface area contributed by atoms with E-state index in [2.05, 4.69) is 17.6 Å². The van der Waals surface area contributed by atoms with Crippen LogP contribution in [0.15, 0.2) is 46.1 Å². The van der Waals surface area contributed by atoms with E-state index in [9.17, 15) is 9.59 Å². The molecule has 0 aliphatic heterocycles. The highest BCUT2D eigenvalue weighted by molar-refractivity contribution is 7.80. The van der Waals surface area contributed by atoms with Crippen LogP contribution in [0.3, 0.4) is 0 Å². The lowest BCUT2D eigenvalue weighted by Crippen LogP contribution is -2.30. The molecule has 88 valence electrons. The van der Waals surface area contributed by atoms with E-state index in [1.165, 1.54) is 4.57 Å². The van der Waals surface area contributed by atoms with Gasteiger partial charge in [-0.05, 0) is 5.56 Å². The van der Waals surface area contributed by atoms with Gasteiger partial charge in [0.1, 0.15) is 0 Å². The number of rotatable bonds is 3. The molecule has 0 fully saturated rings. The van der Waals surface area contributed by atoms with Crippen LogP contribution in [0.2, 0.25) is 0 Å². The maximum absolute atomic E-state index is 11.7. The minimum absolute atomic E-state index is 0.364. The third kappa shape index (κ3) is 2.50. The van der Waals surface area contributed by atoms with Crippen molar-refractivity contribution in [3.63, 3.8) is 0 Å². The quantitative estimate of drug-likeness (QED) is 0.800. The lowest BCUT2D eigenvalue weighted by atomic mass is 10.1. The minimum atomic E-state index is -0.399. The summed E-state index contributed by atoms with van der Waals surface area (Å²) >= 11 is 4.08. The van der Waals surface area contributed by atoms with Crippen LogP contribution in [-0.2, 0) is 6.54 Å². The van der Waals surface area contributed by atoms with E-state index < -0.39 is 5.69 Å². The summed E-state index contributed by atoms with van der Waals surface area (Å²) in [6.45, 7) is 0.471. The molecule has 0 atom stereocenters. The van der Waals surface area contributed by atoms with Gasteiger partial charge in [0.15, 0.2) is 0 Å². The predicted octanol–water partition coefficient (Wildman–Crippen LogP) is 1.13. The summed E-state index contributed by atoms with van der Waals surface area (Å²) in [5.74, 6) is 0.542. The first-order valence-corrected chi connectivity index (χ1v) is 5.85. The van der Waals surface area contributed by atoms with Crippen molar-refractivity contribution in [2.45, 2.75) is 6.54 Å². The molecule has 5 heteroatoms. The fraction of sp³-hybridized carbons (Fsp3) is 0.167. The maximum Gasteiger partial charge on any atom is 0.328 e. The Balaban J connectivity index is 2.59. The molecule has 1 N–H and O–H groups in total. The van der Waals surface area contributed by atoms with Gasteiger partial charge in [-0.1, -0.05) is 30.3 Å². The molecule has 0 bridgehead atoms. The Morgan fingerprint density at radius 1 is 1.18 bits per heavy atom. The summed E-state index contributed by atoms with van der Waals surface area (Å²) in [5, 5.41) is 0.